The van der Waals surface area contributed by atoms with Gasteiger partial charge in [0.05, 0.1) is 0 Å². The highest BCUT2D eigenvalue weighted by Gasteiger charge is 2.33. The Kier molecular flexibility index (Phi) is 4.46. The predicted molar refractivity (Wildman–Crippen MR) is 67.1 cm³/mol. The Bertz CT molecular complexity index is 377. The summed E-state index contributed by atoms with van der Waals surface area (Å²) in [5.74, 6) is 0.0127. The molecule has 0 aromatic carbocycles. The van der Waals surface area contributed by atoms with Crippen LogP contribution in [0, 0.1) is 5.41 Å². The normalized spacial score (nSPS) is 13.7. The summed E-state index contributed by atoms with van der Waals surface area (Å²) >= 11 is 0. The van der Waals surface area contributed by atoms with Gasteiger partial charge in [-0.05, 0) is 25.3 Å². The first kappa shape index (κ1) is 13.9. The zero-order valence-electron chi connectivity index (χ0n) is 11.4. The molecule has 0 aliphatic heterocycles. The van der Waals surface area contributed by atoms with Crippen molar-refractivity contribution in [2.75, 3.05) is 6.61 Å². The van der Waals surface area contributed by atoms with Crippen LogP contribution in [0.5, 0.6) is 0 Å². The lowest BCUT2D eigenvalue weighted by Gasteiger charge is -2.29. The predicted octanol–water partition coefficient (Wildman–Crippen LogP) is 2.54. The molecule has 0 fully saturated rings. The lowest BCUT2D eigenvalue weighted by Crippen LogP contribution is -2.38. The third kappa shape index (κ3) is 3.16. The third-order valence-electron chi connectivity index (χ3n) is 2.63. The molecule has 0 saturated carbocycles. The molecule has 4 heteroatoms. The average Bonchev–Trinajstić information content (AvgIpc) is 2.71. The second-order valence-corrected chi connectivity index (χ2v) is 5.10. The highest BCUT2D eigenvalue weighted by molar-refractivity contribution is 5.98. The van der Waals surface area contributed by atoms with Crippen molar-refractivity contribution in [3.8, 4) is 0 Å². The van der Waals surface area contributed by atoms with Crippen molar-refractivity contribution in [2.24, 2.45) is 5.41 Å². The summed E-state index contributed by atoms with van der Waals surface area (Å²) in [4.78, 5) is 12.4. The number of carbonyl (C=O) groups is 1. The third-order valence-corrected chi connectivity index (χ3v) is 2.63. The van der Waals surface area contributed by atoms with Gasteiger partial charge in [0.25, 0.3) is 0 Å². The Balaban J connectivity index is 3.00. The van der Waals surface area contributed by atoms with Crippen LogP contribution >= 0.6 is 0 Å². The van der Waals surface area contributed by atoms with Crippen LogP contribution in [0.3, 0.4) is 0 Å². The molecular weight excluding hydrogens is 216 g/mol. The Labute approximate surface area is 103 Å². The van der Waals surface area contributed by atoms with E-state index in [9.17, 15) is 4.79 Å². The molecule has 0 bridgehead atoms. The zero-order chi connectivity index (χ0) is 13.1. The number of Topliss-reactive ketones (excluding diaryl/α,β-unsaturated/α-hetero) is 1. The van der Waals surface area contributed by atoms with E-state index in [4.69, 9.17) is 4.74 Å². The van der Waals surface area contributed by atoms with Gasteiger partial charge in [-0.2, -0.15) is 5.10 Å². The minimum Gasteiger partial charge on any atom is -0.370 e. The highest BCUT2D eigenvalue weighted by Crippen LogP contribution is 2.25. The molecule has 0 aliphatic rings. The van der Waals surface area contributed by atoms with Crippen LogP contribution in [0.15, 0.2) is 12.3 Å². The monoisotopic (exact) mass is 238 g/mol. The van der Waals surface area contributed by atoms with Gasteiger partial charge in [0.2, 0.25) is 5.78 Å². The molecule has 1 aromatic heterocycles. The van der Waals surface area contributed by atoms with Gasteiger partial charge in [-0.15, -0.1) is 0 Å². The molecule has 0 radical (unpaired) electrons. The molecule has 1 atom stereocenters. The number of aromatic nitrogens is 2. The quantitative estimate of drug-likeness (QED) is 0.740. The van der Waals surface area contributed by atoms with Crippen LogP contribution in [-0.2, 0) is 11.3 Å². The van der Waals surface area contributed by atoms with Gasteiger partial charge in [-0.3, -0.25) is 9.48 Å². The van der Waals surface area contributed by atoms with E-state index in [1.165, 1.54) is 0 Å². The topological polar surface area (TPSA) is 44.1 Å². The molecule has 4 nitrogen and oxygen atoms in total. The maximum absolute atomic E-state index is 12.4. The number of ketones is 1. The summed E-state index contributed by atoms with van der Waals surface area (Å²) < 4.78 is 7.31. The molecule has 17 heavy (non-hydrogen) atoms. The van der Waals surface area contributed by atoms with E-state index in [-0.39, 0.29) is 11.2 Å². The number of hydrogen-bond donors (Lipinski definition) is 0. The lowest BCUT2D eigenvalue weighted by atomic mass is 9.85. The fraction of sp³-hybridized carbons (Fsp3) is 0.692. The van der Waals surface area contributed by atoms with Crippen molar-refractivity contribution in [3.05, 3.63) is 18.0 Å². The standard InChI is InChI=1S/C13H22N2O2/c1-6-15-10(8-9-14-15)11(16)12(17-7-2)13(3,4)5/h8-9,12H,6-7H2,1-5H3. The number of hydrogen-bond acceptors (Lipinski definition) is 3. The minimum atomic E-state index is -0.422. The minimum absolute atomic E-state index is 0.0127. The molecule has 1 rings (SSSR count). The second-order valence-electron chi connectivity index (χ2n) is 5.10. The van der Waals surface area contributed by atoms with Gasteiger partial charge >= 0.3 is 0 Å². The average molecular weight is 238 g/mol. The van der Waals surface area contributed by atoms with Crippen LogP contribution in [0.25, 0.3) is 0 Å². The van der Waals surface area contributed by atoms with E-state index in [2.05, 4.69) is 5.10 Å². The summed E-state index contributed by atoms with van der Waals surface area (Å²) in [6.45, 7) is 11.1. The van der Waals surface area contributed by atoms with E-state index in [0.717, 1.165) is 0 Å². The molecule has 0 amide bonds. The van der Waals surface area contributed by atoms with Crippen LogP contribution in [0.4, 0.5) is 0 Å². The largest absolute Gasteiger partial charge is 0.370 e. The van der Waals surface area contributed by atoms with Gasteiger partial charge in [0, 0.05) is 19.3 Å². The van der Waals surface area contributed by atoms with Crippen molar-refractivity contribution >= 4 is 5.78 Å². The fourth-order valence-corrected chi connectivity index (χ4v) is 1.81. The van der Waals surface area contributed by atoms with Crippen molar-refractivity contribution < 1.29 is 9.53 Å². The molecule has 0 spiro atoms. The molecule has 1 unspecified atom stereocenters. The summed E-state index contributed by atoms with van der Waals surface area (Å²) in [7, 11) is 0. The number of carbonyl (C=O) groups excluding carboxylic acids is 1. The molecule has 96 valence electrons. The van der Waals surface area contributed by atoms with Crippen molar-refractivity contribution in [2.45, 2.75) is 47.3 Å². The van der Waals surface area contributed by atoms with Crippen molar-refractivity contribution in [1.82, 2.24) is 9.78 Å². The van der Waals surface area contributed by atoms with E-state index in [1.54, 1.807) is 16.9 Å². The van der Waals surface area contributed by atoms with E-state index >= 15 is 0 Å². The SMILES string of the molecule is CCOC(C(=O)c1ccnn1CC)C(C)(C)C. The highest BCUT2D eigenvalue weighted by atomic mass is 16.5. The smallest absolute Gasteiger partial charge is 0.210 e. The van der Waals surface area contributed by atoms with Gasteiger partial charge in [0.15, 0.2) is 0 Å². The molecule has 1 heterocycles. The fourth-order valence-electron chi connectivity index (χ4n) is 1.81. The van der Waals surface area contributed by atoms with Crippen LogP contribution in [-0.4, -0.2) is 28.3 Å². The van der Waals surface area contributed by atoms with Crippen molar-refractivity contribution in [3.63, 3.8) is 0 Å². The molecule has 0 aliphatic carbocycles. The van der Waals surface area contributed by atoms with Gasteiger partial charge in [0.1, 0.15) is 11.8 Å². The molecule has 1 aromatic rings. The first-order valence-corrected chi connectivity index (χ1v) is 6.09. The number of aryl methyl sites for hydroxylation is 1. The van der Waals surface area contributed by atoms with E-state index < -0.39 is 6.10 Å². The summed E-state index contributed by atoms with van der Waals surface area (Å²) in [6.07, 6.45) is 1.23. The number of ether oxygens (including phenoxy) is 1. The number of rotatable bonds is 5. The van der Waals surface area contributed by atoms with Gasteiger partial charge < -0.3 is 4.74 Å². The summed E-state index contributed by atoms with van der Waals surface area (Å²) in [5.41, 5.74) is 0.413. The Morgan fingerprint density at radius 1 is 1.47 bits per heavy atom. The molecule has 0 saturated heterocycles. The van der Waals surface area contributed by atoms with E-state index in [1.807, 2.05) is 34.6 Å². The van der Waals surface area contributed by atoms with Gasteiger partial charge in [-0.1, -0.05) is 20.8 Å². The summed E-state index contributed by atoms with van der Waals surface area (Å²) in [5, 5.41) is 4.12. The maximum atomic E-state index is 12.4. The Morgan fingerprint density at radius 3 is 2.59 bits per heavy atom. The van der Waals surface area contributed by atoms with E-state index in [0.29, 0.717) is 18.8 Å². The van der Waals surface area contributed by atoms with Gasteiger partial charge in [-0.25, -0.2) is 0 Å². The lowest BCUT2D eigenvalue weighted by molar-refractivity contribution is -0.000920. The number of nitrogens with zero attached hydrogens (tertiary/aromatic N) is 2. The zero-order valence-corrected chi connectivity index (χ0v) is 11.4. The first-order valence-electron chi connectivity index (χ1n) is 6.09. The summed E-state index contributed by atoms with van der Waals surface area (Å²) in [6, 6.07) is 1.75. The van der Waals surface area contributed by atoms with Crippen LogP contribution in [0.1, 0.15) is 45.1 Å². The van der Waals surface area contributed by atoms with Crippen molar-refractivity contribution in [1.29, 1.82) is 0 Å². The van der Waals surface area contributed by atoms with Crippen LogP contribution in [0.2, 0.25) is 0 Å². The maximum Gasteiger partial charge on any atom is 0.210 e. The van der Waals surface area contributed by atoms with Crippen LogP contribution < -0.4 is 0 Å². The first-order chi connectivity index (χ1) is 7.91. The molecular formula is C13H22N2O2. The second kappa shape index (κ2) is 5.45. The molecule has 0 N–H and O–H groups in total. The Morgan fingerprint density at radius 2 is 2.12 bits per heavy atom. The Hall–Kier alpha value is -1.16.